The first-order valence-electron chi connectivity index (χ1n) is 10.8. The summed E-state index contributed by atoms with van der Waals surface area (Å²) in [6, 6.07) is 17.2. The third-order valence-corrected chi connectivity index (χ3v) is 5.81. The molecule has 0 unspecified atom stereocenters. The highest BCUT2D eigenvalue weighted by molar-refractivity contribution is 5.79. The number of rotatable bonds is 4. The fourth-order valence-electron chi connectivity index (χ4n) is 4.05. The summed E-state index contributed by atoms with van der Waals surface area (Å²) in [4.78, 5) is 23.4. The molecule has 1 aromatic carbocycles. The Morgan fingerprint density at radius 3 is 2.68 bits per heavy atom. The van der Waals surface area contributed by atoms with Crippen molar-refractivity contribution in [1.29, 1.82) is 0 Å². The van der Waals surface area contributed by atoms with Gasteiger partial charge in [-0.15, -0.1) is 0 Å². The quantitative estimate of drug-likeness (QED) is 0.443. The van der Waals surface area contributed by atoms with Gasteiger partial charge in [-0.25, -0.2) is 9.97 Å². The Kier molecular flexibility index (Phi) is 5.79. The summed E-state index contributed by atoms with van der Waals surface area (Å²) in [5.74, 6) is 0.0112. The van der Waals surface area contributed by atoms with Crippen LogP contribution >= 0.6 is 0 Å². The predicted molar refractivity (Wildman–Crippen MR) is 119 cm³/mol. The number of fused-ring (bicyclic) bond motifs is 1. The van der Waals surface area contributed by atoms with Gasteiger partial charge in [0.15, 0.2) is 0 Å². The molecule has 0 N–H and O–H groups in total. The number of ether oxygens (including phenoxy) is 1. The van der Waals surface area contributed by atoms with Crippen LogP contribution < -0.4 is 0 Å². The molecule has 4 aromatic rings. The van der Waals surface area contributed by atoms with Gasteiger partial charge in [-0.05, 0) is 29.8 Å². The van der Waals surface area contributed by atoms with E-state index in [0.717, 1.165) is 17.8 Å². The first-order valence-corrected chi connectivity index (χ1v) is 10.8. The Bertz CT molecular complexity index is 1320. The SMILES string of the molecule is O=C(Cc1ccccc1)N1CCO[C@H](c2cccc(-c3cnc4ccc(C(F)(F)F)cn34)n2)C1. The molecule has 34 heavy (non-hydrogen) atoms. The molecule has 0 saturated carbocycles. The predicted octanol–water partition coefficient (Wildman–Crippen LogP) is 4.56. The van der Waals surface area contributed by atoms with Crippen molar-refractivity contribution in [2.45, 2.75) is 18.7 Å². The second-order valence-electron chi connectivity index (χ2n) is 8.10. The number of carbonyl (C=O) groups excluding carboxylic acids is 1. The first kappa shape index (κ1) is 22.1. The fraction of sp³-hybridized carbons (Fsp3) is 0.240. The van der Waals surface area contributed by atoms with E-state index in [0.29, 0.717) is 48.8 Å². The number of amides is 1. The van der Waals surface area contributed by atoms with Crippen molar-refractivity contribution in [1.82, 2.24) is 19.3 Å². The summed E-state index contributed by atoms with van der Waals surface area (Å²) in [6.07, 6.45) is -2.06. The average Bonchev–Trinajstić information content (AvgIpc) is 3.28. The summed E-state index contributed by atoms with van der Waals surface area (Å²) in [6.45, 7) is 1.23. The van der Waals surface area contributed by atoms with Gasteiger partial charge in [-0.3, -0.25) is 9.20 Å². The molecule has 1 amide bonds. The number of morpholine rings is 1. The van der Waals surface area contributed by atoms with Crippen molar-refractivity contribution in [2.75, 3.05) is 19.7 Å². The highest BCUT2D eigenvalue weighted by atomic mass is 19.4. The number of alkyl halides is 3. The second kappa shape index (κ2) is 8.90. The summed E-state index contributed by atoms with van der Waals surface area (Å²) in [7, 11) is 0. The molecule has 0 bridgehead atoms. The van der Waals surface area contributed by atoms with Crippen LogP contribution in [0.2, 0.25) is 0 Å². The monoisotopic (exact) mass is 466 g/mol. The van der Waals surface area contributed by atoms with Gasteiger partial charge < -0.3 is 9.64 Å². The van der Waals surface area contributed by atoms with E-state index in [2.05, 4.69) is 9.97 Å². The number of halogens is 3. The maximum atomic E-state index is 13.2. The smallest absolute Gasteiger partial charge is 0.368 e. The zero-order chi connectivity index (χ0) is 23.7. The molecule has 9 heteroatoms. The maximum absolute atomic E-state index is 13.2. The summed E-state index contributed by atoms with van der Waals surface area (Å²) in [5.41, 5.74) is 2.09. The molecule has 0 spiro atoms. The van der Waals surface area contributed by atoms with Crippen LogP contribution in [-0.4, -0.2) is 44.9 Å². The lowest BCUT2D eigenvalue weighted by atomic mass is 10.1. The van der Waals surface area contributed by atoms with Gasteiger partial charge in [0.25, 0.3) is 0 Å². The minimum atomic E-state index is -4.46. The third-order valence-electron chi connectivity index (χ3n) is 5.81. The van der Waals surface area contributed by atoms with Crippen LogP contribution in [0.15, 0.2) is 73.1 Å². The molecule has 1 atom stereocenters. The fourth-order valence-corrected chi connectivity index (χ4v) is 4.05. The average molecular weight is 466 g/mol. The number of hydrogen-bond donors (Lipinski definition) is 0. The molecule has 174 valence electrons. The summed E-state index contributed by atoms with van der Waals surface area (Å²) >= 11 is 0. The number of imidazole rings is 1. The topological polar surface area (TPSA) is 59.7 Å². The molecule has 1 fully saturated rings. The lowest BCUT2D eigenvalue weighted by Crippen LogP contribution is -2.43. The van der Waals surface area contributed by atoms with Crippen LogP contribution in [-0.2, 0) is 22.1 Å². The zero-order valence-corrected chi connectivity index (χ0v) is 18.1. The van der Waals surface area contributed by atoms with E-state index < -0.39 is 17.8 Å². The lowest BCUT2D eigenvalue weighted by Gasteiger charge is -2.33. The van der Waals surface area contributed by atoms with Crippen molar-refractivity contribution in [3.8, 4) is 11.4 Å². The van der Waals surface area contributed by atoms with Gasteiger partial charge in [0.05, 0.1) is 48.4 Å². The molecular formula is C25H21F3N4O2. The molecule has 3 aromatic heterocycles. The first-order chi connectivity index (χ1) is 16.4. The summed E-state index contributed by atoms with van der Waals surface area (Å²) < 4.78 is 46.9. The Hall–Kier alpha value is -3.72. The highest BCUT2D eigenvalue weighted by Crippen LogP contribution is 2.31. The second-order valence-corrected chi connectivity index (χ2v) is 8.10. The Labute approximate surface area is 193 Å². The Morgan fingerprint density at radius 1 is 1.06 bits per heavy atom. The minimum absolute atomic E-state index is 0.0112. The van der Waals surface area contributed by atoms with Gasteiger partial charge in [-0.1, -0.05) is 36.4 Å². The van der Waals surface area contributed by atoms with Crippen molar-refractivity contribution < 1.29 is 22.7 Å². The molecule has 4 heterocycles. The van der Waals surface area contributed by atoms with Crippen molar-refractivity contribution in [3.63, 3.8) is 0 Å². The van der Waals surface area contributed by atoms with Crippen molar-refractivity contribution >= 4 is 11.6 Å². The van der Waals surface area contributed by atoms with Gasteiger partial charge >= 0.3 is 6.18 Å². The number of pyridine rings is 2. The standard InChI is InChI=1S/C25H21F3N4O2/c26-25(27,28)18-9-10-23-29-14-21(32(23)15-18)19-7-4-8-20(30-19)22-16-31(11-12-34-22)24(33)13-17-5-2-1-3-6-17/h1-10,14-15,22H,11-13,16H2/t22-/m0/s1. The van der Waals surface area contributed by atoms with Crippen molar-refractivity contribution in [2.24, 2.45) is 0 Å². The molecule has 0 radical (unpaired) electrons. The van der Waals surface area contributed by atoms with Crippen LogP contribution in [0.5, 0.6) is 0 Å². The third kappa shape index (κ3) is 4.51. The molecule has 6 nitrogen and oxygen atoms in total. The Morgan fingerprint density at radius 2 is 1.88 bits per heavy atom. The molecule has 1 saturated heterocycles. The van der Waals surface area contributed by atoms with Gasteiger partial charge in [-0.2, -0.15) is 13.2 Å². The summed E-state index contributed by atoms with van der Waals surface area (Å²) in [5, 5.41) is 0. The van der Waals surface area contributed by atoms with Crippen LogP contribution in [0.3, 0.4) is 0 Å². The number of nitrogens with zero attached hydrogens (tertiary/aromatic N) is 4. The molecule has 1 aliphatic rings. The zero-order valence-electron chi connectivity index (χ0n) is 18.1. The van der Waals surface area contributed by atoms with E-state index in [1.54, 1.807) is 23.1 Å². The molecule has 5 rings (SSSR count). The van der Waals surface area contributed by atoms with Crippen molar-refractivity contribution in [3.05, 3.63) is 89.9 Å². The lowest BCUT2D eigenvalue weighted by molar-refractivity contribution is -0.138. The van der Waals surface area contributed by atoms with E-state index in [1.165, 1.54) is 16.7 Å². The van der Waals surface area contributed by atoms with Crippen LogP contribution in [0.4, 0.5) is 13.2 Å². The molecule has 1 aliphatic heterocycles. The van der Waals surface area contributed by atoms with Crippen LogP contribution in [0, 0.1) is 0 Å². The van der Waals surface area contributed by atoms with Crippen LogP contribution in [0.1, 0.15) is 22.9 Å². The van der Waals surface area contributed by atoms with E-state index in [1.807, 2.05) is 30.3 Å². The van der Waals surface area contributed by atoms with E-state index >= 15 is 0 Å². The highest BCUT2D eigenvalue weighted by Gasteiger charge is 2.31. The van der Waals surface area contributed by atoms with E-state index in [-0.39, 0.29) is 5.91 Å². The van der Waals surface area contributed by atoms with Crippen LogP contribution in [0.25, 0.3) is 17.0 Å². The maximum Gasteiger partial charge on any atom is 0.417 e. The number of carbonyl (C=O) groups is 1. The number of benzene rings is 1. The number of aromatic nitrogens is 3. The number of hydrogen-bond acceptors (Lipinski definition) is 4. The van der Waals surface area contributed by atoms with Gasteiger partial charge in [0.1, 0.15) is 11.8 Å². The molecule has 0 aliphatic carbocycles. The largest absolute Gasteiger partial charge is 0.417 e. The van der Waals surface area contributed by atoms with Gasteiger partial charge in [0, 0.05) is 12.7 Å². The molecular weight excluding hydrogens is 445 g/mol. The Balaban J connectivity index is 1.38. The van der Waals surface area contributed by atoms with E-state index in [9.17, 15) is 18.0 Å². The normalized spacial score (nSPS) is 16.7. The van der Waals surface area contributed by atoms with E-state index in [4.69, 9.17) is 4.74 Å². The minimum Gasteiger partial charge on any atom is -0.368 e. The van der Waals surface area contributed by atoms with Gasteiger partial charge in [0.2, 0.25) is 5.91 Å².